The molecule has 0 bridgehead atoms. The summed E-state index contributed by atoms with van der Waals surface area (Å²) in [6.45, 7) is 3.57. The first-order valence-corrected chi connectivity index (χ1v) is 12.3. The zero-order valence-corrected chi connectivity index (χ0v) is 20.7. The summed E-state index contributed by atoms with van der Waals surface area (Å²) in [5.74, 6) is 0.715. The molecule has 0 amide bonds. The Hall–Kier alpha value is -3.35. The molecule has 3 heterocycles. The van der Waals surface area contributed by atoms with Crippen molar-refractivity contribution in [1.82, 2.24) is 9.97 Å². The Morgan fingerprint density at radius 2 is 1.69 bits per heavy atom. The monoisotopic (exact) mass is 506 g/mol. The van der Waals surface area contributed by atoms with E-state index >= 15 is 0 Å². The normalized spacial score (nSPS) is 13.7. The van der Waals surface area contributed by atoms with Gasteiger partial charge in [-0.15, -0.1) is 0 Å². The van der Waals surface area contributed by atoms with E-state index in [-0.39, 0.29) is 21.6 Å². The maximum atomic E-state index is 12.5. The van der Waals surface area contributed by atoms with Crippen molar-refractivity contribution in [2.24, 2.45) is 0 Å². The molecule has 0 atom stereocenters. The maximum absolute atomic E-state index is 12.5. The number of carbonyl (C=O) groups excluding carboxylic acids is 1. The SMILES string of the molecule is CC(=O)c1cnc2ccc(-c3cc(Cl)c(O)c(Cl)c3)cc2c1Nc1ccc(N2CCCCC2)nc1. The van der Waals surface area contributed by atoms with E-state index in [9.17, 15) is 9.90 Å². The summed E-state index contributed by atoms with van der Waals surface area (Å²) in [4.78, 5) is 23.9. The summed E-state index contributed by atoms with van der Waals surface area (Å²) < 4.78 is 0. The van der Waals surface area contributed by atoms with Crippen LogP contribution in [0.1, 0.15) is 36.5 Å². The fourth-order valence-corrected chi connectivity index (χ4v) is 4.91. The molecule has 0 spiro atoms. The van der Waals surface area contributed by atoms with Crippen LogP contribution in [0, 0.1) is 0 Å². The number of rotatable bonds is 5. The predicted octanol–water partition coefficient (Wildman–Crippen LogP) is 7.25. The number of nitrogens with zero attached hydrogens (tertiary/aromatic N) is 3. The lowest BCUT2D eigenvalue weighted by Gasteiger charge is -2.27. The van der Waals surface area contributed by atoms with Gasteiger partial charge in [-0.3, -0.25) is 9.78 Å². The number of carbonyl (C=O) groups is 1. The number of pyridine rings is 2. The molecule has 0 unspecified atom stereocenters. The fourth-order valence-electron chi connectivity index (χ4n) is 4.42. The van der Waals surface area contributed by atoms with E-state index in [1.54, 1.807) is 24.5 Å². The highest BCUT2D eigenvalue weighted by atomic mass is 35.5. The number of anilines is 3. The molecule has 5 rings (SSSR count). The van der Waals surface area contributed by atoms with Gasteiger partial charge in [0.05, 0.1) is 38.7 Å². The third-order valence-corrected chi connectivity index (χ3v) is 6.87. The molecule has 1 fully saturated rings. The van der Waals surface area contributed by atoms with Crippen LogP contribution in [0.25, 0.3) is 22.0 Å². The van der Waals surface area contributed by atoms with Crippen molar-refractivity contribution < 1.29 is 9.90 Å². The van der Waals surface area contributed by atoms with Crippen LogP contribution >= 0.6 is 23.2 Å². The zero-order valence-electron chi connectivity index (χ0n) is 19.2. The zero-order chi connectivity index (χ0) is 24.5. The number of phenolic OH excluding ortho intramolecular Hbond substituents is 1. The minimum Gasteiger partial charge on any atom is -0.505 e. The fraction of sp³-hybridized carbons (Fsp3) is 0.222. The van der Waals surface area contributed by atoms with Crippen molar-refractivity contribution >= 4 is 57.1 Å². The highest BCUT2D eigenvalue weighted by Crippen LogP contribution is 2.38. The number of hydrogen-bond donors (Lipinski definition) is 2. The average molecular weight is 507 g/mol. The van der Waals surface area contributed by atoms with Crippen LogP contribution in [0.2, 0.25) is 10.0 Å². The van der Waals surface area contributed by atoms with Gasteiger partial charge in [-0.1, -0.05) is 29.3 Å². The van der Waals surface area contributed by atoms with E-state index in [2.05, 4.69) is 20.2 Å². The third kappa shape index (κ3) is 4.77. The number of halogens is 2. The second kappa shape index (κ2) is 9.72. The molecule has 8 heteroatoms. The van der Waals surface area contributed by atoms with Crippen LogP contribution in [0.15, 0.2) is 54.9 Å². The Bertz CT molecular complexity index is 1390. The summed E-state index contributed by atoms with van der Waals surface area (Å²) in [5.41, 5.74) is 4.22. The first-order valence-electron chi connectivity index (χ1n) is 11.5. The van der Waals surface area contributed by atoms with Crippen LogP contribution in [0.5, 0.6) is 5.75 Å². The van der Waals surface area contributed by atoms with E-state index in [0.717, 1.165) is 46.6 Å². The molecule has 1 aliphatic rings. The number of fused-ring (bicyclic) bond motifs is 1. The standard InChI is InChI=1S/C27H24Cl2N4O2/c1-16(34)21-15-30-24-7-5-17(18-12-22(28)27(35)23(29)13-18)11-20(24)26(21)32-19-6-8-25(31-14-19)33-9-3-2-4-10-33/h5-8,11-15,35H,2-4,9-10H2,1H3,(H,30,32). The molecule has 1 saturated heterocycles. The number of phenols is 1. The minimum absolute atomic E-state index is 0.0964. The van der Waals surface area contributed by atoms with Gasteiger partial charge in [-0.05, 0) is 73.7 Å². The highest BCUT2D eigenvalue weighted by Gasteiger charge is 2.16. The molecule has 35 heavy (non-hydrogen) atoms. The van der Waals surface area contributed by atoms with Crippen molar-refractivity contribution in [1.29, 1.82) is 0 Å². The Kier molecular flexibility index (Phi) is 6.50. The number of Topliss-reactive ketones (excluding diaryl/α,β-unsaturated/α-hetero) is 1. The lowest BCUT2D eigenvalue weighted by atomic mass is 10.00. The van der Waals surface area contributed by atoms with Gasteiger partial charge in [0.1, 0.15) is 5.82 Å². The number of aromatic nitrogens is 2. The van der Waals surface area contributed by atoms with Gasteiger partial charge in [0.2, 0.25) is 0 Å². The van der Waals surface area contributed by atoms with Gasteiger partial charge in [0.15, 0.2) is 11.5 Å². The Balaban J connectivity index is 1.56. The highest BCUT2D eigenvalue weighted by molar-refractivity contribution is 6.37. The molecule has 2 aromatic carbocycles. The largest absolute Gasteiger partial charge is 0.505 e. The molecule has 178 valence electrons. The number of nitrogens with one attached hydrogen (secondary N) is 1. The molecule has 0 saturated carbocycles. The van der Waals surface area contributed by atoms with Crippen molar-refractivity contribution in [2.45, 2.75) is 26.2 Å². The summed E-state index contributed by atoms with van der Waals surface area (Å²) in [5, 5.41) is 14.4. The van der Waals surface area contributed by atoms with Crippen LogP contribution in [0.3, 0.4) is 0 Å². The quantitative estimate of drug-likeness (QED) is 0.277. The van der Waals surface area contributed by atoms with Crippen molar-refractivity contribution in [3.63, 3.8) is 0 Å². The second-order valence-corrected chi connectivity index (χ2v) is 9.52. The number of piperidine rings is 1. The first-order chi connectivity index (χ1) is 16.9. The van der Waals surface area contributed by atoms with Crippen molar-refractivity contribution in [3.05, 3.63) is 70.5 Å². The topological polar surface area (TPSA) is 78.3 Å². The molecule has 0 aliphatic carbocycles. The maximum Gasteiger partial charge on any atom is 0.163 e. The predicted molar refractivity (Wildman–Crippen MR) is 142 cm³/mol. The van der Waals surface area contributed by atoms with Crippen LogP contribution in [-0.2, 0) is 0 Å². The smallest absolute Gasteiger partial charge is 0.163 e. The summed E-state index contributed by atoms with van der Waals surface area (Å²) in [7, 11) is 0. The minimum atomic E-state index is -0.152. The second-order valence-electron chi connectivity index (χ2n) is 8.70. The summed E-state index contributed by atoms with van der Waals surface area (Å²) >= 11 is 12.3. The lowest BCUT2D eigenvalue weighted by molar-refractivity contribution is 0.101. The van der Waals surface area contributed by atoms with Crippen LogP contribution in [0.4, 0.5) is 17.2 Å². The number of benzene rings is 2. The Morgan fingerprint density at radius 1 is 0.943 bits per heavy atom. The number of ketones is 1. The van der Waals surface area contributed by atoms with Gasteiger partial charge >= 0.3 is 0 Å². The molecular weight excluding hydrogens is 483 g/mol. The van der Waals surface area contributed by atoms with Crippen molar-refractivity contribution in [3.8, 4) is 16.9 Å². The van der Waals surface area contributed by atoms with Gasteiger partial charge in [-0.25, -0.2) is 4.98 Å². The summed E-state index contributed by atoms with van der Waals surface area (Å²) in [6.07, 6.45) is 7.03. The van der Waals surface area contributed by atoms with Gasteiger partial charge in [0.25, 0.3) is 0 Å². The van der Waals surface area contributed by atoms with Gasteiger partial charge in [0, 0.05) is 24.7 Å². The molecule has 6 nitrogen and oxygen atoms in total. The van der Waals surface area contributed by atoms with E-state index in [0.29, 0.717) is 11.3 Å². The van der Waals surface area contributed by atoms with Gasteiger partial charge in [-0.2, -0.15) is 0 Å². The molecule has 0 radical (unpaired) electrons. The number of aromatic hydroxyl groups is 1. The van der Waals surface area contributed by atoms with Crippen LogP contribution in [-0.4, -0.2) is 33.9 Å². The van der Waals surface area contributed by atoms with E-state index in [1.165, 1.54) is 26.2 Å². The molecular formula is C27H24Cl2N4O2. The Morgan fingerprint density at radius 3 is 2.34 bits per heavy atom. The average Bonchev–Trinajstić information content (AvgIpc) is 2.87. The first kappa shape index (κ1) is 23.4. The van der Waals surface area contributed by atoms with Gasteiger partial charge < -0.3 is 15.3 Å². The third-order valence-electron chi connectivity index (χ3n) is 6.29. The van der Waals surface area contributed by atoms with E-state index in [1.807, 2.05) is 30.3 Å². The molecule has 1 aliphatic heterocycles. The Labute approximate surface area is 213 Å². The molecule has 4 aromatic rings. The summed E-state index contributed by atoms with van der Waals surface area (Å²) in [6, 6.07) is 13.0. The number of hydrogen-bond acceptors (Lipinski definition) is 6. The van der Waals surface area contributed by atoms with E-state index < -0.39 is 0 Å². The van der Waals surface area contributed by atoms with Crippen molar-refractivity contribution in [2.75, 3.05) is 23.3 Å². The van der Waals surface area contributed by atoms with Crippen LogP contribution < -0.4 is 10.2 Å². The lowest BCUT2D eigenvalue weighted by Crippen LogP contribution is -2.29. The molecule has 2 N–H and O–H groups in total. The molecule has 2 aromatic heterocycles. The van der Waals surface area contributed by atoms with E-state index in [4.69, 9.17) is 23.2 Å².